The summed E-state index contributed by atoms with van der Waals surface area (Å²) in [7, 11) is -2.67. The first-order valence-corrected chi connectivity index (χ1v) is 14.2. The number of carbonyl (C=O) groups excluding carboxylic acids is 2. The van der Waals surface area contributed by atoms with Gasteiger partial charge in [0.25, 0.3) is 10.0 Å². The van der Waals surface area contributed by atoms with Crippen LogP contribution in [0.2, 0.25) is 5.02 Å². The number of halogens is 1. The molecule has 1 N–H and O–H groups in total. The maximum Gasteiger partial charge on any atom is 0.264 e. The normalized spacial score (nSPS) is 12.4. The zero-order valence-corrected chi connectivity index (χ0v) is 24.3. The van der Waals surface area contributed by atoms with Gasteiger partial charge in [0.15, 0.2) is 0 Å². The van der Waals surface area contributed by atoms with Crippen LogP contribution in [0.25, 0.3) is 0 Å². The van der Waals surface area contributed by atoms with E-state index in [1.165, 1.54) is 24.1 Å². The number of hydrogen-bond donors (Lipinski definition) is 1. The molecular weight excluding hydrogens is 538 g/mol. The summed E-state index contributed by atoms with van der Waals surface area (Å²) in [6.07, 6.45) is 0. The SMILES string of the molecule is COc1cccc(N(CC(=O)N(Cc2ccc(Cl)cc2)C(C)C(=O)NC(C)(C)C)S(=O)(=O)c2ccccc2)c1. The number of benzene rings is 3. The fraction of sp³-hybridized carbons (Fsp3) is 0.310. The molecule has 0 saturated heterocycles. The summed E-state index contributed by atoms with van der Waals surface area (Å²) in [4.78, 5) is 28.5. The molecule has 0 aliphatic carbocycles. The third-order valence-electron chi connectivity index (χ3n) is 5.88. The first-order chi connectivity index (χ1) is 18.3. The lowest BCUT2D eigenvalue weighted by Gasteiger charge is -2.33. The van der Waals surface area contributed by atoms with Crippen molar-refractivity contribution in [1.29, 1.82) is 0 Å². The second-order valence-electron chi connectivity index (χ2n) is 10.1. The molecule has 0 heterocycles. The quantitative estimate of drug-likeness (QED) is 0.374. The van der Waals surface area contributed by atoms with E-state index in [2.05, 4.69) is 5.32 Å². The molecule has 208 valence electrons. The van der Waals surface area contributed by atoms with Gasteiger partial charge in [-0.3, -0.25) is 13.9 Å². The summed E-state index contributed by atoms with van der Waals surface area (Å²) >= 11 is 6.04. The summed E-state index contributed by atoms with van der Waals surface area (Å²) < 4.78 is 33.9. The van der Waals surface area contributed by atoms with E-state index < -0.39 is 34.1 Å². The van der Waals surface area contributed by atoms with Crippen LogP contribution < -0.4 is 14.4 Å². The van der Waals surface area contributed by atoms with Gasteiger partial charge in [-0.15, -0.1) is 0 Å². The molecular formula is C29H34ClN3O5S. The number of anilines is 1. The summed E-state index contributed by atoms with van der Waals surface area (Å²) in [5, 5.41) is 3.44. The highest BCUT2D eigenvalue weighted by molar-refractivity contribution is 7.92. The summed E-state index contributed by atoms with van der Waals surface area (Å²) in [5.74, 6) is -0.475. The van der Waals surface area contributed by atoms with Gasteiger partial charge in [0.05, 0.1) is 17.7 Å². The van der Waals surface area contributed by atoms with Crippen molar-refractivity contribution in [2.75, 3.05) is 18.0 Å². The third-order valence-corrected chi connectivity index (χ3v) is 7.92. The monoisotopic (exact) mass is 571 g/mol. The topological polar surface area (TPSA) is 96.0 Å². The van der Waals surface area contributed by atoms with Crippen molar-refractivity contribution in [3.63, 3.8) is 0 Å². The molecule has 0 aliphatic rings. The van der Waals surface area contributed by atoms with Gasteiger partial charge in [0.1, 0.15) is 18.3 Å². The van der Waals surface area contributed by atoms with Gasteiger partial charge in [0, 0.05) is 23.2 Å². The van der Waals surface area contributed by atoms with E-state index in [1.807, 2.05) is 20.8 Å². The van der Waals surface area contributed by atoms with Gasteiger partial charge in [0.2, 0.25) is 11.8 Å². The van der Waals surface area contributed by atoms with E-state index in [0.717, 1.165) is 9.87 Å². The van der Waals surface area contributed by atoms with Crippen LogP contribution in [0.15, 0.2) is 83.8 Å². The largest absolute Gasteiger partial charge is 0.497 e. The van der Waals surface area contributed by atoms with Crippen molar-refractivity contribution in [1.82, 2.24) is 10.2 Å². The zero-order chi connectivity index (χ0) is 28.8. The Bertz CT molecular complexity index is 1390. The maximum atomic E-state index is 13.9. The molecule has 8 nitrogen and oxygen atoms in total. The molecule has 10 heteroatoms. The first kappa shape index (κ1) is 30.0. The van der Waals surface area contributed by atoms with Gasteiger partial charge in [-0.25, -0.2) is 8.42 Å². The van der Waals surface area contributed by atoms with Crippen LogP contribution in [0, 0.1) is 0 Å². The molecule has 2 amide bonds. The van der Waals surface area contributed by atoms with Gasteiger partial charge in [-0.1, -0.05) is 48.0 Å². The second kappa shape index (κ2) is 12.5. The number of nitrogens with one attached hydrogen (secondary N) is 1. The molecule has 0 spiro atoms. The molecule has 3 rings (SSSR count). The lowest BCUT2D eigenvalue weighted by molar-refractivity contribution is -0.140. The van der Waals surface area contributed by atoms with Crippen LogP contribution in [0.1, 0.15) is 33.3 Å². The van der Waals surface area contributed by atoms with Crippen molar-refractivity contribution >= 4 is 39.1 Å². The van der Waals surface area contributed by atoms with E-state index in [0.29, 0.717) is 10.8 Å². The minimum atomic E-state index is -4.15. The number of rotatable bonds is 10. The Kier molecular flexibility index (Phi) is 9.63. The second-order valence-corrected chi connectivity index (χ2v) is 12.4. The van der Waals surface area contributed by atoms with Crippen molar-refractivity contribution in [2.24, 2.45) is 0 Å². The minimum Gasteiger partial charge on any atom is -0.497 e. The number of sulfonamides is 1. The molecule has 39 heavy (non-hydrogen) atoms. The highest BCUT2D eigenvalue weighted by Crippen LogP contribution is 2.27. The van der Waals surface area contributed by atoms with E-state index in [9.17, 15) is 18.0 Å². The molecule has 0 saturated carbocycles. The standard InChI is InChI=1S/C29H34ClN3O5S/c1-21(28(35)31-29(2,3)4)32(19-22-14-16-23(30)17-15-22)27(34)20-33(24-10-9-11-25(18-24)38-5)39(36,37)26-12-7-6-8-13-26/h6-18,21H,19-20H2,1-5H3,(H,31,35). The van der Waals surface area contributed by atoms with E-state index >= 15 is 0 Å². The van der Waals surface area contributed by atoms with Crippen molar-refractivity contribution in [2.45, 2.75) is 50.7 Å². The number of amides is 2. The molecule has 1 unspecified atom stereocenters. The van der Waals surface area contributed by atoms with Crippen LogP contribution in [-0.4, -0.2) is 50.4 Å². The molecule has 3 aromatic carbocycles. The van der Waals surface area contributed by atoms with E-state index in [-0.39, 0.29) is 23.0 Å². The number of hydrogen-bond acceptors (Lipinski definition) is 5. The van der Waals surface area contributed by atoms with Crippen LogP contribution >= 0.6 is 11.6 Å². The van der Waals surface area contributed by atoms with Gasteiger partial charge in [-0.2, -0.15) is 0 Å². The number of carbonyl (C=O) groups is 2. The Morgan fingerprint density at radius 3 is 2.21 bits per heavy atom. The van der Waals surface area contributed by atoms with Crippen LogP contribution in [0.4, 0.5) is 5.69 Å². The fourth-order valence-electron chi connectivity index (χ4n) is 3.86. The Balaban J connectivity index is 2.04. The van der Waals surface area contributed by atoms with Gasteiger partial charge >= 0.3 is 0 Å². The van der Waals surface area contributed by atoms with Crippen molar-refractivity contribution in [3.8, 4) is 5.75 Å². The van der Waals surface area contributed by atoms with E-state index in [1.54, 1.807) is 73.7 Å². The van der Waals surface area contributed by atoms with Gasteiger partial charge in [-0.05, 0) is 69.7 Å². The fourth-order valence-corrected chi connectivity index (χ4v) is 5.41. The smallest absolute Gasteiger partial charge is 0.264 e. The molecule has 3 aromatic rings. The number of nitrogens with zero attached hydrogens (tertiary/aromatic N) is 2. The highest BCUT2D eigenvalue weighted by Gasteiger charge is 2.33. The molecule has 0 aliphatic heterocycles. The Hall–Kier alpha value is -3.56. The minimum absolute atomic E-state index is 0.0309. The summed E-state index contributed by atoms with van der Waals surface area (Å²) in [5.41, 5.74) is 0.468. The third kappa shape index (κ3) is 7.97. The number of ether oxygens (including phenoxy) is 1. The average molecular weight is 572 g/mol. The predicted molar refractivity (Wildman–Crippen MR) is 153 cm³/mol. The maximum absolute atomic E-state index is 13.9. The summed E-state index contributed by atoms with van der Waals surface area (Å²) in [6.45, 7) is 6.70. The lowest BCUT2D eigenvalue weighted by Crippen LogP contribution is -2.54. The molecule has 0 bridgehead atoms. The molecule has 0 aromatic heterocycles. The zero-order valence-electron chi connectivity index (χ0n) is 22.7. The molecule has 1 atom stereocenters. The van der Waals surface area contributed by atoms with Crippen molar-refractivity contribution < 1.29 is 22.7 Å². The Morgan fingerprint density at radius 1 is 0.974 bits per heavy atom. The van der Waals surface area contributed by atoms with Crippen LogP contribution in [0.3, 0.4) is 0 Å². The number of methoxy groups -OCH3 is 1. The molecule has 0 fully saturated rings. The van der Waals surface area contributed by atoms with Crippen LogP contribution in [0.5, 0.6) is 5.75 Å². The predicted octanol–water partition coefficient (Wildman–Crippen LogP) is 4.88. The highest BCUT2D eigenvalue weighted by atomic mass is 35.5. The van der Waals surface area contributed by atoms with Crippen LogP contribution in [-0.2, 0) is 26.2 Å². The first-order valence-electron chi connectivity index (χ1n) is 12.4. The summed E-state index contributed by atoms with van der Waals surface area (Å²) in [6, 6.07) is 20.4. The molecule has 0 radical (unpaired) electrons. The van der Waals surface area contributed by atoms with Crippen molar-refractivity contribution in [3.05, 3.63) is 89.4 Å². The average Bonchev–Trinajstić information content (AvgIpc) is 2.90. The van der Waals surface area contributed by atoms with E-state index in [4.69, 9.17) is 16.3 Å². The Morgan fingerprint density at radius 2 is 1.62 bits per heavy atom. The Labute approximate surface area is 235 Å². The van der Waals surface area contributed by atoms with Gasteiger partial charge < -0.3 is 15.0 Å². The lowest BCUT2D eigenvalue weighted by atomic mass is 10.1.